The lowest BCUT2D eigenvalue weighted by Crippen LogP contribution is -2.57. The average Bonchev–Trinajstić information content (AvgIpc) is 2.75. The number of benzene rings is 1. The number of aromatic hydroxyl groups is 1. The van der Waals surface area contributed by atoms with Crippen molar-refractivity contribution >= 4 is 24.4 Å². The molecule has 11 heteroatoms. The zero-order valence-corrected chi connectivity index (χ0v) is 17.9. The van der Waals surface area contributed by atoms with Gasteiger partial charge in [0.2, 0.25) is 5.43 Å². The molecule has 0 aliphatic carbocycles. The second-order valence-corrected chi connectivity index (χ2v) is 8.17. The van der Waals surface area contributed by atoms with E-state index in [0.717, 1.165) is 12.1 Å². The van der Waals surface area contributed by atoms with E-state index in [1.165, 1.54) is 15.7 Å². The van der Waals surface area contributed by atoms with Crippen LogP contribution in [0.15, 0.2) is 29.2 Å². The number of rotatable bonds is 4. The fourth-order valence-corrected chi connectivity index (χ4v) is 4.43. The number of fused-ring (bicyclic) bond motifs is 2. The Kier molecular flexibility index (Phi) is 5.95. The van der Waals surface area contributed by atoms with Gasteiger partial charge in [-0.15, -0.1) is 12.6 Å². The molecule has 1 fully saturated rings. The monoisotopic (exact) mass is 465 g/mol. The maximum Gasteiger partial charge on any atom is 0.276 e. The van der Waals surface area contributed by atoms with Crippen molar-refractivity contribution in [3.05, 3.63) is 63.1 Å². The summed E-state index contributed by atoms with van der Waals surface area (Å²) in [7, 11) is 0. The Morgan fingerprint density at radius 3 is 2.81 bits per heavy atom. The molecule has 1 aromatic carbocycles. The second kappa shape index (κ2) is 8.55. The molecule has 3 atom stereocenters. The number of amides is 2. The maximum absolute atomic E-state index is 14.0. The SMILES string of the molecule is CCC1CCO[C@H]2Cn3cc(C(=O)N[C@@H](S)c4ccc(F)cc4F)c(=O)c(O)c3C(=O)N12. The third kappa shape index (κ3) is 3.75. The molecule has 3 heterocycles. The molecular weight excluding hydrogens is 444 g/mol. The Hall–Kier alpha value is -2.92. The standard InChI is InChI=1S/C21H21F2N3O5S/c1-2-11-5-6-31-15-9-25-8-13(17(27)18(28)16(25)21(30)26(11)15)19(29)24-20(32)12-4-3-10(22)7-14(12)23/h3-4,7-8,11,15,20,28,32H,2,5-6,9H2,1H3,(H,24,29)/t11?,15-,20-/m0/s1. The number of thiol groups is 1. The van der Waals surface area contributed by atoms with E-state index in [0.29, 0.717) is 25.5 Å². The molecule has 0 bridgehead atoms. The third-order valence-corrected chi connectivity index (χ3v) is 6.16. The summed E-state index contributed by atoms with van der Waals surface area (Å²) in [6.07, 6.45) is 1.92. The van der Waals surface area contributed by atoms with Crippen molar-refractivity contribution in [2.45, 2.75) is 44.0 Å². The summed E-state index contributed by atoms with van der Waals surface area (Å²) in [6, 6.07) is 2.70. The zero-order chi connectivity index (χ0) is 23.2. The number of nitrogens with zero attached hydrogens (tertiary/aromatic N) is 2. The number of carbonyl (C=O) groups excluding carboxylic acids is 2. The van der Waals surface area contributed by atoms with Crippen LogP contribution in [0, 0.1) is 11.6 Å². The molecule has 0 spiro atoms. The molecule has 170 valence electrons. The fraction of sp³-hybridized carbons (Fsp3) is 0.381. The summed E-state index contributed by atoms with van der Waals surface area (Å²) < 4.78 is 34.1. The van der Waals surface area contributed by atoms with Gasteiger partial charge in [0.25, 0.3) is 11.8 Å². The Balaban J connectivity index is 1.66. The first-order valence-electron chi connectivity index (χ1n) is 10.1. The lowest BCUT2D eigenvalue weighted by atomic mass is 10.0. The van der Waals surface area contributed by atoms with Crippen LogP contribution in [0.4, 0.5) is 8.78 Å². The predicted molar refractivity (Wildman–Crippen MR) is 113 cm³/mol. The third-order valence-electron chi connectivity index (χ3n) is 5.75. The van der Waals surface area contributed by atoms with Crippen LogP contribution in [0.5, 0.6) is 5.75 Å². The molecular formula is C21H21F2N3O5S. The highest BCUT2D eigenvalue weighted by Crippen LogP contribution is 2.30. The van der Waals surface area contributed by atoms with Gasteiger partial charge in [-0.25, -0.2) is 8.78 Å². The van der Waals surface area contributed by atoms with E-state index in [1.807, 2.05) is 6.92 Å². The number of nitrogens with one attached hydrogen (secondary N) is 1. The topological polar surface area (TPSA) is 101 Å². The van der Waals surface area contributed by atoms with E-state index in [4.69, 9.17) is 4.74 Å². The minimum atomic E-state index is -1.19. The van der Waals surface area contributed by atoms with Crippen LogP contribution in [0.2, 0.25) is 0 Å². The first-order valence-corrected chi connectivity index (χ1v) is 10.6. The summed E-state index contributed by atoms with van der Waals surface area (Å²) in [5.74, 6) is -4.03. The van der Waals surface area contributed by atoms with E-state index in [1.54, 1.807) is 0 Å². The lowest BCUT2D eigenvalue weighted by molar-refractivity contribution is -0.116. The number of ether oxygens (including phenoxy) is 1. The van der Waals surface area contributed by atoms with E-state index in [-0.39, 0.29) is 23.8 Å². The minimum absolute atomic E-state index is 0.0805. The van der Waals surface area contributed by atoms with Crippen LogP contribution < -0.4 is 10.7 Å². The summed E-state index contributed by atoms with van der Waals surface area (Å²) in [6.45, 7) is 2.53. The minimum Gasteiger partial charge on any atom is -0.503 e. The normalized spacial score (nSPS) is 21.0. The summed E-state index contributed by atoms with van der Waals surface area (Å²) in [4.78, 5) is 40.0. The van der Waals surface area contributed by atoms with Crippen LogP contribution >= 0.6 is 12.6 Å². The van der Waals surface area contributed by atoms with E-state index in [9.17, 15) is 28.3 Å². The second-order valence-electron chi connectivity index (χ2n) is 7.65. The van der Waals surface area contributed by atoms with Crippen LogP contribution in [0.25, 0.3) is 0 Å². The first-order chi connectivity index (χ1) is 15.2. The average molecular weight is 465 g/mol. The summed E-state index contributed by atoms with van der Waals surface area (Å²) >= 11 is 4.12. The molecule has 2 amide bonds. The Labute approximate surface area is 187 Å². The van der Waals surface area contributed by atoms with Crippen molar-refractivity contribution in [2.24, 2.45) is 0 Å². The van der Waals surface area contributed by atoms with Gasteiger partial charge in [0.05, 0.1) is 13.2 Å². The van der Waals surface area contributed by atoms with Gasteiger partial charge in [0.1, 0.15) is 22.6 Å². The quantitative estimate of drug-likeness (QED) is 0.475. The first kappa shape index (κ1) is 22.3. The molecule has 0 radical (unpaired) electrons. The number of pyridine rings is 1. The van der Waals surface area contributed by atoms with Gasteiger partial charge in [-0.2, -0.15) is 0 Å². The predicted octanol–water partition coefficient (Wildman–Crippen LogP) is 2.17. The van der Waals surface area contributed by atoms with Gasteiger partial charge in [-0.3, -0.25) is 14.4 Å². The van der Waals surface area contributed by atoms with Crippen molar-refractivity contribution in [1.29, 1.82) is 0 Å². The van der Waals surface area contributed by atoms with Crippen molar-refractivity contribution in [2.75, 3.05) is 6.61 Å². The smallest absolute Gasteiger partial charge is 0.276 e. The zero-order valence-electron chi connectivity index (χ0n) is 17.0. The maximum atomic E-state index is 14.0. The molecule has 2 N–H and O–H groups in total. The van der Waals surface area contributed by atoms with E-state index in [2.05, 4.69) is 17.9 Å². The Morgan fingerprint density at radius 2 is 2.12 bits per heavy atom. The molecule has 2 aliphatic rings. The molecule has 1 aromatic heterocycles. The van der Waals surface area contributed by atoms with E-state index >= 15 is 0 Å². The van der Waals surface area contributed by atoms with Crippen LogP contribution in [0.3, 0.4) is 0 Å². The van der Waals surface area contributed by atoms with Gasteiger partial charge in [0.15, 0.2) is 17.7 Å². The molecule has 1 saturated heterocycles. The summed E-state index contributed by atoms with van der Waals surface area (Å²) in [5.41, 5.74) is -1.79. The molecule has 2 aromatic rings. The largest absolute Gasteiger partial charge is 0.503 e. The molecule has 0 saturated carbocycles. The van der Waals surface area contributed by atoms with Crippen molar-refractivity contribution in [1.82, 2.24) is 14.8 Å². The number of hydrogen-bond donors (Lipinski definition) is 3. The van der Waals surface area contributed by atoms with E-state index < -0.39 is 51.8 Å². The van der Waals surface area contributed by atoms with Gasteiger partial charge in [0, 0.05) is 23.9 Å². The Morgan fingerprint density at radius 1 is 1.38 bits per heavy atom. The van der Waals surface area contributed by atoms with Gasteiger partial charge >= 0.3 is 0 Å². The van der Waals surface area contributed by atoms with Crippen LogP contribution in [-0.4, -0.2) is 45.3 Å². The van der Waals surface area contributed by atoms with Crippen molar-refractivity contribution in [3.63, 3.8) is 0 Å². The fourth-order valence-electron chi connectivity index (χ4n) is 4.11. The highest BCUT2D eigenvalue weighted by Gasteiger charge is 2.41. The van der Waals surface area contributed by atoms with Gasteiger partial charge < -0.3 is 24.6 Å². The number of carbonyl (C=O) groups is 2. The van der Waals surface area contributed by atoms with Crippen LogP contribution in [-0.2, 0) is 11.3 Å². The number of hydrogen-bond acceptors (Lipinski definition) is 6. The van der Waals surface area contributed by atoms with Crippen molar-refractivity contribution in [3.8, 4) is 5.75 Å². The molecule has 8 nitrogen and oxygen atoms in total. The lowest BCUT2D eigenvalue weighted by Gasteiger charge is -2.45. The highest BCUT2D eigenvalue weighted by atomic mass is 32.1. The van der Waals surface area contributed by atoms with Gasteiger partial charge in [-0.05, 0) is 18.9 Å². The molecule has 32 heavy (non-hydrogen) atoms. The number of halogens is 2. The van der Waals surface area contributed by atoms with Crippen LogP contribution in [0.1, 0.15) is 51.5 Å². The van der Waals surface area contributed by atoms with Crippen molar-refractivity contribution < 1.29 is 28.2 Å². The molecule has 2 aliphatic heterocycles. The highest BCUT2D eigenvalue weighted by molar-refractivity contribution is 7.80. The molecule has 4 rings (SSSR count). The molecule has 1 unspecified atom stereocenters. The van der Waals surface area contributed by atoms with Gasteiger partial charge in [-0.1, -0.05) is 13.0 Å². The summed E-state index contributed by atoms with van der Waals surface area (Å²) in [5, 5.41) is 11.7. The Bertz CT molecular complexity index is 1150. The number of aromatic nitrogens is 1.